The Morgan fingerprint density at radius 2 is 2.06 bits per heavy atom. The quantitative estimate of drug-likeness (QED) is 0.636. The Bertz CT molecular complexity index is 1020. The predicted molar refractivity (Wildman–Crippen MR) is 116 cm³/mol. The zero-order chi connectivity index (χ0) is 21.6. The fraction of sp³-hybridized carbons (Fsp3) is 0.364. The van der Waals surface area contributed by atoms with E-state index in [2.05, 4.69) is 31.1 Å². The van der Waals surface area contributed by atoms with Crippen LogP contribution in [0.5, 0.6) is 0 Å². The number of nitrogens with one attached hydrogen (secondary N) is 2. The first-order chi connectivity index (χ1) is 15.1. The van der Waals surface area contributed by atoms with E-state index in [0.717, 1.165) is 43.6 Å². The average molecular weight is 423 g/mol. The van der Waals surface area contributed by atoms with Crippen molar-refractivity contribution in [1.29, 1.82) is 0 Å². The Morgan fingerprint density at radius 3 is 2.84 bits per heavy atom. The lowest BCUT2D eigenvalue weighted by Gasteiger charge is -2.32. The number of halogens is 1. The zero-order valence-corrected chi connectivity index (χ0v) is 17.5. The number of piperidine rings is 1. The second-order valence-electron chi connectivity index (χ2n) is 7.91. The Balaban J connectivity index is 1.27. The number of anilines is 1. The molecule has 8 nitrogen and oxygen atoms in total. The van der Waals surface area contributed by atoms with Crippen LogP contribution in [0.25, 0.3) is 11.4 Å². The Labute approximate surface area is 180 Å². The molecule has 1 fully saturated rings. The maximum Gasteiger partial charge on any atom is 0.319 e. The topological polar surface area (TPSA) is 88.0 Å². The van der Waals surface area contributed by atoms with Crippen LogP contribution in [0.3, 0.4) is 0 Å². The van der Waals surface area contributed by atoms with Gasteiger partial charge in [-0.25, -0.2) is 13.9 Å². The molecule has 2 heterocycles. The average Bonchev–Trinajstić information content (AvgIpc) is 3.20. The number of hydrogen-bond acceptors (Lipinski definition) is 5. The first-order valence-corrected chi connectivity index (χ1v) is 10.4. The predicted octanol–water partition coefficient (Wildman–Crippen LogP) is 3.05. The number of carbonyl (C=O) groups excluding carboxylic acids is 1. The second kappa shape index (κ2) is 9.65. The number of aryl methyl sites for hydroxylation is 1. The number of amides is 2. The molecule has 0 aliphatic carbocycles. The van der Waals surface area contributed by atoms with Crippen LogP contribution in [-0.4, -0.2) is 50.8 Å². The third-order valence-electron chi connectivity index (χ3n) is 5.47. The van der Waals surface area contributed by atoms with Gasteiger partial charge in [0.25, 0.3) is 0 Å². The maximum absolute atomic E-state index is 13.1. The molecule has 0 unspecified atom stereocenters. The summed E-state index contributed by atoms with van der Waals surface area (Å²) in [6.45, 7) is 3.33. The first kappa shape index (κ1) is 20.9. The van der Waals surface area contributed by atoms with E-state index in [4.69, 9.17) is 0 Å². The fourth-order valence-corrected chi connectivity index (χ4v) is 3.93. The lowest BCUT2D eigenvalue weighted by molar-refractivity contribution is 0.166. The third-order valence-corrected chi connectivity index (χ3v) is 5.47. The molecule has 0 radical (unpaired) electrons. The number of likely N-dealkylation sites (tertiary alicyclic amines) is 1. The summed E-state index contributed by atoms with van der Waals surface area (Å²) in [7, 11) is 1.77. The number of rotatable bonds is 6. The minimum atomic E-state index is -0.233. The van der Waals surface area contributed by atoms with Gasteiger partial charge < -0.3 is 10.6 Å². The highest BCUT2D eigenvalue weighted by atomic mass is 19.1. The van der Waals surface area contributed by atoms with Gasteiger partial charge in [0.1, 0.15) is 5.82 Å². The molecule has 0 saturated carbocycles. The van der Waals surface area contributed by atoms with Crippen molar-refractivity contribution in [2.45, 2.75) is 19.4 Å². The molecule has 1 aromatic heterocycles. The fourth-order valence-electron chi connectivity index (χ4n) is 3.93. The van der Waals surface area contributed by atoms with Crippen LogP contribution >= 0.6 is 0 Å². The van der Waals surface area contributed by atoms with E-state index in [1.807, 2.05) is 36.4 Å². The van der Waals surface area contributed by atoms with E-state index in [9.17, 15) is 9.18 Å². The van der Waals surface area contributed by atoms with E-state index in [0.29, 0.717) is 24.0 Å². The van der Waals surface area contributed by atoms with Gasteiger partial charge in [0.15, 0.2) is 5.82 Å². The summed E-state index contributed by atoms with van der Waals surface area (Å²) in [5.41, 5.74) is 2.61. The Morgan fingerprint density at radius 1 is 1.23 bits per heavy atom. The third kappa shape index (κ3) is 5.64. The molecule has 9 heteroatoms. The van der Waals surface area contributed by atoms with Crippen molar-refractivity contribution in [3.63, 3.8) is 0 Å². The molecule has 1 atom stereocenters. The van der Waals surface area contributed by atoms with Crippen molar-refractivity contribution < 1.29 is 9.18 Å². The summed E-state index contributed by atoms with van der Waals surface area (Å²) in [5.74, 6) is 0.804. The van der Waals surface area contributed by atoms with Gasteiger partial charge in [-0.1, -0.05) is 24.3 Å². The molecule has 1 aliphatic heterocycles. The van der Waals surface area contributed by atoms with Crippen LogP contribution in [0.2, 0.25) is 0 Å². The number of tetrazole rings is 1. The number of urea groups is 1. The van der Waals surface area contributed by atoms with Crippen molar-refractivity contribution in [2.75, 3.05) is 25.0 Å². The molecule has 2 aromatic carbocycles. The minimum Gasteiger partial charge on any atom is -0.338 e. The number of hydrogen-bond donors (Lipinski definition) is 2. The van der Waals surface area contributed by atoms with E-state index < -0.39 is 0 Å². The molecule has 2 amide bonds. The highest BCUT2D eigenvalue weighted by Gasteiger charge is 2.20. The van der Waals surface area contributed by atoms with Gasteiger partial charge in [-0.15, -0.1) is 5.10 Å². The van der Waals surface area contributed by atoms with Crippen molar-refractivity contribution in [2.24, 2.45) is 13.0 Å². The molecular formula is C22H26FN7O. The summed E-state index contributed by atoms with van der Waals surface area (Å²) in [6, 6.07) is 13.8. The monoisotopic (exact) mass is 423 g/mol. The van der Waals surface area contributed by atoms with Crippen LogP contribution in [0.15, 0.2) is 48.5 Å². The highest BCUT2D eigenvalue weighted by Crippen LogP contribution is 2.20. The lowest BCUT2D eigenvalue weighted by Crippen LogP contribution is -2.41. The van der Waals surface area contributed by atoms with Gasteiger partial charge >= 0.3 is 6.03 Å². The van der Waals surface area contributed by atoms with Gasteiger partial charge in [0, 0.05) is 37.9 Å². The standard InChI is InChI=1S/C22H26FN7O/c1-29-21(26-27-28-29)18-5-2-6-20(12-18)25-22(31)24-13-17-4-3-11-30(15-17)14-16-7-9-19(23)10-8-16/h2,5-10,12,17H,3-4,11,13-15H2,1H3,(H2,24,25,31)/t17-/m0/s1. The van der Waals surface area contributed by atoms with E-state index in [1.54, 1.807) is 11.7 Å². The molecule has 31 heavy (non-hydrogen) atoms. The maximum atomic E-state index is 13.1. The van der Waals surface area contributed by atoms with E-state index in [-0.39, 0.29) is 11.8 Å². The smallest absolute Gasteiger partial charge is 0.319 e. The van der Waals surface area contributed by atoms with E-state index >= 15 is 0 Å². The van der Waals surface area contributed by atoms with Crippen LogP contribution in [0.4, 0.5) is 14.9 Å². The van der Waals surface area contributed by atoms with Crippen LogP contribution in [-0.2, 0) is 13.6 Å². The van der Waals surface area contributed by atoms with Gasteiger partial charge in [-0.3, -0.25) is 4.90 Å². The molecule has 162 valence electrons. The molecule has 0 bridgehead atoms. The SMILES string of the molecule is Cn1nnnc1-c1cccc(NC(=O)NC[C@@H]2CCCN(Cc3ccc(F)cc3)C2)c1. The summed E-state index contributed by atoms with van der Waals surface area (Å²) < 4.78 is 14.7. The van der Waals surface area contributed by atoms with E-state index in [1.165, 1.54) is 12.1 Å². The Kier molecular flexibility index (Phi) is 6.51. The molecule has 2 N–H and O–H groups in total. The van der Waals surface area contributed by atoms with Gasteiger partial charge in [-0.2, -0.15) is 0 Å². The molecular weight excluding hydrogens is 397 g/mol. The summed E-state index contributed by atoms with van der Waals surface area (Å²) >= 11 is 0. The van der Waals surface area contributed by atoms with Crippen molar-refractivity contribution >= 4 is 11.7 Å². The van der Waals surface area contributed by atoms with Crippen molar-refractivity contribution in [1.82, 2.24) is 30.4 Å². The highest BCUT2D eigenvalue weighted by molar-refractivity contribution is 5.89. The first-order valence-electron chi connectivity index (χ1n) is 10.4. The molecule has 4 rings (SSSR count). The molecule has 1 aliphatic rings. The lowest BCUT2D eigenvalue weighted by atomic mass is 9.97. The van der Waals surface area contributed by atoms with Crippen LogP contribution in [0, 0.1) is 11.7 Å². The molecule has 1 saturated heterocycles. The Hall–Kier alpha value is -3.33. The molecule has 0 spiro atoms. The molecule has 3 aromatic rings. The minimum absolute atomic E-state index is 0.214. The van der Waals surface area contributed by atoms with Crippen molar-refractivity contribution in [3.05, 3.63) is 59.9 Å². The van der Waals surface area contributed by atoms with Crippen LogP contribution in [0.1, 0.15) is 18.4 Å². The van der Waals surface area contributed by atoms with Gasteiger partial charge in [0.2, 0.25) is 0 Å². The zero-order valence-electron chi connectivity index (χ0n) is 17.5. The number of carbonyl (C=O) groups is 1. The normalized spacial score (nSPS) is 16.8. The number of nitrogens with zero attached hydrogens (tertiary/aromatic N) is 5. The second-order valence-corrected chi connectivity index (χ2v) is 7.91. The summed E-state index contributed by atoms with van der Waals surface area (Å²) in [4.78, 5) is 14.8. The number of benzene rings is 2. The largest absolute Gasteiger partial charge is 0.338 e. The van der Waals surface area contributed by atoms with Gasteiger partial charge in [0.05, 0.1) is 0 Å². The van der Waals surface area contributed by atoms with Crippen molar-refractivity contribution in [3.8, 4) is 11.4 Å². The van der Waals surface area contributed by atoms with Gasteiger partial charge in [-0.05, 0) is 65.6 Å². The summed E-state index contributed by atoms with van der Waals surface area (Å²) in [6.07, 6.45) is 2.16. The van der Waals surface area contributed by atoms with Crippen LogP contribution < -0.4 is 10.6 Å². The summed E-state index contributed by atoms with van der Waals surface area (Å²) in [5, 5.41) is 17.3. The number of aromatic nitrogens is 4.